The summed E-state index contributed by atoms with van der Waals surface area (Å²) in [6, 6.07) is 8.41. The lowest BCUT2D eigenvalue weighted by Gasteiger charge is -2.33. The Morgan fingerprint density at radius 2 is 1.53 bits per heavy atom. The largest absolute Gasteiger partial charge is 0.375 e. The summed E-state index contributed by atoms with van der Waals surface area (Å²) in [5, 5.41) is 10.6. The minimum atomic E-state index is -0.583. The maximum absolute atomic E-state index is 10.6. The van der Waals surface area contributed by atoms with Gasteiger partial charge >= 0.3 is 0 Å². The molecule has 1 heterocycles. The molecule has 1 N–H and O–H groups in total. The van der Waals surface area contributed by atoms with E-state index in [-0.39, 0.29) is 0 Å². The SMILES string of the molecule is OC1(N2CCCC2)Cc2ccccc2C1. The summed E-state index contributed by atoms with van der Waals surface area (Å²) < 4.78 is 0. The average molecular weight is 203 g/mol. The summed E-state index contributed by atoms with van der Waals surface area (Å²) in [6.45, 7) is 2.12. The van der Waals surface area contributed by atoms with E-state index in [1.165, 1.54) is 24.0 Å². The van der Waals surface area contributed by atoms with Crippen molar-refractivity contribution in [1.29, 1.82) is 0 Å². The van der Waals surface area contributed by atoms with Crippen molar-refractivity contribution in [2.24, 2.45) is 0 Å². The third-order valence-corrected chi connectivity index (χ3v) is 3.76. The number of nitrogens with zero attached hydrogens (tertiary/aromatic N) is 1. The van der Waals surface area contributed by atoms with Crippen LogP contribution in [-0.4, -0.2) is 28.8 Å². The minimum Gasteiger partial charge on any atom is -0.375 e. The molecule has 0 atom stereocenters. The van der Waals surface area contributed by atoms with Crippen molar-refractivity contribution in [3.05, 3.63) is 35.4 Å². The first kappa shape index (κ1) is 9.37. The average Bonchev–Trinajstić information content (AvgIpc) is 2.83. The van der Waals surface area contributed by atoms with E-state index in [9.17, 15) is 5.11 Å². The van der Waals surface area contributed by atoms with E-state index in [1.54, 1.807) is 0 Å². The van der Waals surface area contributed by atoms with Gasteiger partial charge in [0, 0.05) is 25.9 Å². The molecule has 1 aliphatic heterocycles. The number of hydrogen-bond donors (Lipinski definition) is 1. The fourth-order valence-electron chi connectivity index (χ4n) is 2.93. The predicted molar refractivity (Wildman–Crippen MR) is 59.6 cm³/mol. The van der Waals surface area contributed by atoms with Crippen molar-refractivity contribution in [3.63, 3.8) is 0 Å². The van der Waals surface area contributed by atoms with E-state index in [1.807, 2.05) is 0 Å². The van der Waals surface area contributed by atoms with Gasteiger partial charge in [-0.05, 0) is 24.0 Å². The van der Waals surface area contributed by atoms with Crippen LogP contribution in [0.4, 0.5) is 0 Å². The standard InChI is InChI=1S/C13H17NO/c15-13(14-7-3-4-8-14)9-11-5-1-2-6-12(11)10-13/h1-2,5-6,15H,3-4,7-10H2. The van der Waals surface area contributed by atoms with E-state index >= 15 is 0 Å². The Kier molecular flexibility index (Phi) is 2.08. The highest BCUT2D eigenvalue weighted by atomic mass is 16.3. The Balaban J connectivity index is 1.87. The molecule has 1 aliphatic carbocycles. The second kappa shape index (κ2) is 3.32. The van der Waals surface area contributed by atoms with Crippen molar-refractivity contribution in [2.45, 2.75) is 31.4 Å². The van der Waals surface area contributed by atoms with Crippen LogP contribution in [-0.2, 0) is 12.8 Å². The molecule has 0 radical (unpaired) electrons. The van der Waals surface area contributed by atoms with Gasteiger partial charge in [0.25, 0.3) is 0 Å². The Morgan fingerprint density at radius 1 is 1.00 bits per heavy atom. The van der Waals surface area contributed by atoms with Gasteiger partial charge in [0.05, 0.1) is 0 Å². The Labute approximate surface area is 90.5 Å². The van der Waals surface area contributed by atoms with Gasteiger partial charge in [0.15, 0.2) is 0 Å². The fraction of sp³-hybridized carbons (Fsp3) is 0.538. The maximum atomic E-state index is 10.6. The molecule has 1 aromatic carbocycles. The van der Waals surface area contributed by atoms with Gasteiger partial charge in [-0.25, -0.2) is 0 Å². The molecule has 15 heavy (non-hydrogen) atoms. The van der Waals surface area contributed by atoms with Crippen LogP contribution in [0.1, 0.15) is 24.0 Å². The number of fused-ring (bicyclic) bond motifs is 1. The Morgan fingerprint density at radius 3 is 2.07 bits per heavy atom. The zero-order valence-corrected chi connectivity index (χ0v) is 8.95. The van der Waals surface area contributed by atoms with Gasteiger partial charge in [0.1, 0.15) is 5.72 Å². The van der Waals surface area contributed by atoms with Gasteiger partial charge in [-0.1, -0.05) is 24.3 Å². The van der Waals surface area contributed by atoms with Crippen LogP contribution in [0.5, 0.6) is 0 Å². The molecular formula is C13H17NO. The summed E-state index contributed by atoms with van der Waals surface area (Å²) in [5.41, 5.74) is 2.07. The normalized spacial score (nSPS) is 24.3. The van der Waals surface area contributed by atoms with E-state index in [0.717, 1.165) is 25.9 Å². The van der Waals surface area contributed by atoms with E-state index < -0.39 is 5.72 Å². The number of hydrogen-bond acceptors (Lipinski definition) is 2. The highest BCUT2D eigenvalue weighted by Gasteiger charge is 2.41. The van der Waals surface area contributed by atoms with Crippen molar-refractivity contribution in [3.8, 4) is 0 Å². The van der Waals surface area contributed by atoms with Crippen LogP contribution in [0.3, 0.4) is 0 Å². The van der Waals surface area contributed by atoms with Crippen LogP contribution < -0.4 is 0 Å². The second-order valence-electron chi connectivity index (χ2n) is 4.80. The molecule has 2 aliphatic rings. The molecule has 2 nitrogen and oxygen atoms in total. The molecule has 3 rings (SSSR count). The molecule has 0 unspecified atom stereocenters. The second-order valence-corrected chi connectivity index (χ2v) is 4.80. The van der Waals surface area contributed by atoms with Crippen molar-refractivity contribution >= 4 is 0 Å². The van der Waals surface area contributed by atoms with Gasteiger partial charge < -0.3 is 5.11 Å². The predicted octanol–water partition coefficient (Wildman–Crippen LogP) is 1.57. The minimum absolute atomic E-state index is 0.583. The molecule has 0 aromatic heterocycles. The van der Waals surface area contributed by atoms with Crippen molar-refractivity contribution < 1.29 is 5.11 Å². The molecule has 0 spiro atoms. The molecule has 1 saturated heterocycles. The number of rotatable bonds is 1. The molecular weight excluding hydrogens is 186 g/mol. The number of aliphatic hydroxyl groups is 1. The summed E-state index contributed by atoms with van der Waals surface area (Å²) in [5.74, 6) is 0. The molecule has 2 heteroatoms. The van der Waals surface area contributed by atoms with Crippen LogP contribution in [0.15, 0.2) is 24.3 Å². The zero-order chi connectivity index (χ0) is 10.3. The fourth-order valence-corrected chi connectivity index (χ4v) is 2.93. The zero-order valence-electron chi connectivity index (χ0n) is 8.95. The summed E-state index contributed by atoms with van der Waals surface area (Å²) >= 11 is 0. The number of benzene rings is 1. The first-order valence-electron chi connectivity index (χ1n) is 5.82. The van der Waals surface area contributed by atoms with Crippen LogP contribution in [0, 0.1) is 0 Å². The first-order chi connectivity index (χ1) is 7.28. The van der Waals surface area contributed by atoms with Gasteiger partial charge in [-0.2, -0.15) is 0 Å². The summed E-state index contributed by atoms with van der Waals surface area (Å²) in [4.78, 5) is 2.26. The lowest BCUT2D eigenvalue weighted by Crippen LogP contribution is -2.47. The molecule has 0 saturated carbocycles. The van der Waals surface area contributed by atoms with Crippen LogP contribution in [0.25, 0.3) is 0 Å². The highest BCUT2D eigenvalue weighted by Crippen LogP contribution is 2.34. The summed E-state index contributed by atoms with van der Waals surface area (Å²) in [6.07, 6.45) is 4.09. The Bertz CT molecular complexity index is 344. The molecule has 1 aromatic rings. The van der Waals surface area contributed by atoms with E-state index in [0.29, 0.717) is 0 Å². The highest BCUT2D eigenvalue weighted by molar-refractivity contribution is 5.34. The topological polar surface area (TPSA) is 23.5 Å². The monoisotopic (exact) mass is 203 g/mol. The van der Waals surface area contributed by atoms with E-state index in [4.69, 9.17) is 0 Å². The van der Waals surface area contributed by atoms with Crippen molar-refractivity contribution in [1.82, 2.24) is 4.90 Å². The third kappa shape index (κ3) is 1.48. The summed E-state index contributed by atoms with van der Waals surface area (Å²) in [7, 11) is 0. The molecule has 1 fully saturated rings. The third-order valence-electron chi connectivity index (χ3n) is 3.76. The van der Waals surface area contributed by atoms with Crippen LogP contribution >= 0.6 is 0 Å². The lowest BCUT2D eigenvalue weighted by molar-refractivity contribution is -0.0881. The Hall–Kier alpha value is -0.860. The molecule has 0 bridgehead atoms. The quantitative estimate of drug-likeness (QED) is 0.749. The van der Waals surface area contributed by atoms with Crippen LogP contribution in [0.2, 0.25) is 0 Å². The lowest BCUT2D eigenvalue weighted by atomic mass is 10.1. The maximum Gasteiger partial charge on any atom is 0.126 e. The molecule has 80 valence electrons. The van der Waals surface area contributed by atoms with Gasteiger partial charge in [0.2, 0.25) is 0 Å². The van der Waals surface area contributed by atoms with Gasteiger partial charge in [-0.15, -0.1) is 0 Å². The van der Waals surface area contributed by atoms with Gasteiger partial charge in [-0.3, -0.25) is 4.90 Å². The van der Waals surface area contributed by atoms with Crippen molar-refractivity contribution in [2.75, 3.05) is 13.1 Å². The molecule has 0 amide bonds. The number of likely N-dealkylation sites (tertiary alicyclic amines) is 1. The smallest absolute Gasteiger partial charge is 0.126 e. The van der Waals surface area contributed by atoms with E-state index in [2.05, 4.69) is 29.2 Å². The first-order valence-corrected chi connectivity index (χ1v) is 5.82.